The van der Waals surface area contributed by atoms with Crippen LogP contribution in [0.5, 0.6) is 0 Å². The Morgan fingerprint density at radius 2 is 2.11 bits per heavy atom. The molecule has 1 unspecified atom stereocenters. The Hall–Kier alpha value is -1.88. The summed E-state index contributed by atoms with van der Waals surface area (Å²) in [7, 11) is 0. The van der Waals surface area contributed by atoms with Crippen LogP contribution in [0.15, 0.2) is 24.3 Å². The second kappa shape index (κ2) is 5.84. The van der Waals surface area contributed by atoms with Crippen molar-refractivity contribution in [1.29, 1.82) is 0 Å². The molecule has 1 aromatic rings. The highest BCUT2D eigenvalue weighted by Gasteiger charge is 2.29. The lowest BCUT2D eigenvalue weighted by Gasteiger charge is -2.33. The summed E-state index contributed by atoms with van der Waals surface area (Å²) in [5.41, 5.74) is 7.58. The van der Waals surface area contributed by atoms with Crippen LogP contribution in [0.1, 0.15) is 18.1 Å². The van der Waals surface area contributed by atoms with Crippen LogP contribution >= 0.6 is 0 Å². The largest absolute Gasteiger partial charge is 0.353 e. The molecule has 1 saturated heterocycles. The Bertz CT molecular complexity index is 487. The molecule has 1 aromatic carbocycles. The molecule has 0 radical (unpaired) electrons. The van der Waals surface area contributed by atoms with Crippen molar-refractivity contribution in [2.45, 2.75) is 25.9 Å². The molecule has 3 N–H and O–H groups in total. The number of carbonyl (C=O) groups is 2. The van der Waals surface area contributed by atoms with Crippen LogP contribution in [-0.4, -0.2) is 35.8 Å². The molecule has 2 amide bonds. The van der Waals surface area contributed by atoms with Gasteiger partial charge in [-0.15, -0.1) is 0 Å². The zero-order valence-corrected chi connectivity index (χ0v) is 11.1. The van der Waals surface area contributed by atoms with Gasteiger partial charge in [0.05, 0.1) is 6.42 Å². The Morgan fingerprint density at radius 1 is 1.42 bits per heavy atom. The molecule has 5 nitrogen and oxygen atoms in total. The molecule has 2 rings (SSSR count). The van der Waals surface area contributed by atoms with Crippen molar-refractivity contribution in [3.8, 4) is 0 Å². The molecule has 0 spiro atoms. The maximum atomic E-state index is 12.3. The van der Waals surface area contributed by atoms with E-state index >= 15 is 0 Å². The molecule has 1 aliphatic rings. The van der Waals surface area contributed by atoms with E-state index in [9.17, 15) is 9.59 Å². The van der Waals surface area contributed by atoms with E-state index in [0.717, 1.165) is 11.1 Å². The first kappa shape index (κ1) is 13.5. The fourth-order valence-electron chi connectivity index (χ4n) is 2.32. The van der Waals surface area contributed by atoms with Gasteiger partial charge in [-0.1, -0.05) is 24.3 Å². The minimum atomic E-state index is -0.397. The van der Waals surface area contributed by atoms with Crippen molar-refractivity contribution in [3.63, 3.8) is 0 Å². The van der Waals surface area contributed by atoms with Gasteiger partial charge in [0.1, 0.15) is 6.04 Å². The van der Waals surface area contributed by atoms with Crippen LogP contribution in [0.25, 0.3) is 0 Å². The van der Waals surface area contributed by atoms with Gasteiger partial charge in [-0.05, 0) is 18.1 Å². The van der Waals surface area contributed by atoms with E-state index in [1.165, 1.54) is 0 Å². The lowest BCUT2D eigenvalue weighted by molar-refractivity contribution is -0.142. The van der Waals surface area contributed by atoms with Crippen molar-refractivity contribution in [1.82, 2.24) is 10.2 Å². The molecule has 1 fully saturated rings. The molecule has 19 heavy (non-hydrogen) atoms. The van der Waals surface area contributed by atoms with E-state index in [1.807, 2.05) is 24.3 Å². The molecule has 0 aliphatic carbocycles. The summed E-state index contributed by atoms with van der Waals surface area (Å²) < 4.78 is 0. The second-order valence-corrected chi connectivity index (χ2v) is 4.70. The van der Waals surface area contributed by atoms with Crippen LogP contribution in [0.4, 0.5) is 0 Å². The van der Waals surface area contributed by atoms with Gasteiger partial charge < -0.3 is 16.0 Å². The zero-order chi connectivity index (χ0) is 13.8. The van der Waals surface area contributed by atoms with Crippen LogP contribution in [0.2, 0.25) is 0 Å². The molecule has 1 heterocycles. The summed E-state index contributed by atoms with van der Waals surface area (Å²) in [4.78, 5) is 25.5. The minimum absolute atomic E-state index is 0.0248. The number of hydrogen-bond acceptors (Lipinski definition) is 3. The summed E-state index contributed by atoms with van der Waals surface area (Å²) in [5.74, 6) is -0.116. The average Bonchev–Trinajstić information content (AvgIpc) is 2.42. The van der Waals surface area contributed by atoms with Gasteiger partial charge in [-0.2, -0.15) is 0 Å². The third kappa shape index (κ3) is 2.93. The van der Waals surface area contributed by atoms with Crippen molar-refractivity contribution in [2.24, 2.45) is 5.73 Å². The molecular weight excluding hydrogens is 242 g/mol. The third-order valence-corrected chi connectivity index (χ3v) is 3.50. The number of nitrogens with two attached hydrogens (primary N) is 1. The van der Waals surface area contributed by atoms with Crippen LogP contribution in [0, 0.1) is 0 Å². The fourth-order valence-corrected chi connectivity index (χ4v) is 2.32. The molecule has 1 atom stereocenters. The Morgan fingerprint density at radius 3 is 2.79 bits per heavy atom. The smallest absolute Gasteiger partial charge is 0.242 e. The molecule has 102 valence electrons. The first-order valence-corrected chi connectivity index (χ1v) is 6.47. The van der Waals surface area contributed by atoms with Gasteiger partial charge in [-0.3, -0.25) is 9.59 Å². The Labute approximate surface area is 112 Å². The lowest BCUT2D eigenvalue weighted by Crippen LogP contribution is -2.56. The predicted molar refractivity (Wildman–Crippen MR) is 72.2 cm³/mol. The highest BCUT2D eigenvalue weighted by atomic mass is 16.2. The van der Waals surface area contributed by atoms with E-state index in [4.69, 9.17) is 5.73 Å². The first-order chi connectivity index (χ1) is 9.13. The van der Waals surface area contributed by atoms with Gasteiger partial charge >= 0.3 is 0 Å². The molecule has 5 heteroatoms. The number of piperazine rings is 1. The van der Waals surface area contributed by atoms with Crippen molar-refractivity contribution < 1.29 is 9.59 Å². The monoisotopic (exact) mass is 261 g/mol. The number of nitrogens with one attached hydrogen (secondary N) is 1. The van der Waals surface area contributed by atoms with E-state index in [-0.39, 0.29) is 11.8 Å². The SMILES string of the molecule is CC1C(=O)NCCN1C(=O)Cc1ccccc1CN. The third-order valence-electron chi connectivity index (χ3n) is 3.50. The average molecular weight is 261 g/mol. The zero-order valence-electron chi connectivity index (χ0n) is 11.1. The summed E-state index contributed by atoms with van der Waals surface area (Å²) in [6.45, 7) is 3.25. The molecule has 0 bridgehead atoms. The van der Waals surface area contributed by atoms with E-state index < -0.39 is 6.04 Å². The topological polar surface area (TPSA) is 75.4 Å². The highest BCUT2D eigenvalue weighted by Crippen LogP contribution is 2.12. The number of benzene rings is 1. The number of carbonyl (C=O) groups excluding carboxylic acids is 2. The maximum Gasteiger partial charge on any atom is 0.242 e. The van der Waals surface area contributed by atoms with Crippen molar-refractivity contribution >= 4 is 11.8 Å². The summed E-state index contributed by atoms with van der Waals surface area (Å²) in [6, 6.07) is 7.25. The van der Waals surface area contributed by atoms with Gasteiger partial charge in [0, 0.05) is 19.6 Å². The number of nitrogens with zero attached hydrogens (tertiary/aromatic N) is 1. The van der Waals surface area contributed by atoms with Crippen LogP contribution < -0.4 is 11.1 Å². The number of amides is 2. The van der Waals surface area contributed by atoms with E-state index in [1.54, 1.807) is 11.8 Å². The van der Waals surface area contributed by atoms with Crippen LogP contribution in [-0.2, 0) is 22.6 Å². The molecule has 0 saturated carbocycles. The van der Waals surface area contributed by atoms with Gasteiger partial charge in [0.25, 0.3) is 0 Å². The normalized spacial score (nSPS) is 19.2. The molecule has 0 aromatic heterocycles. The van der Waals surface area contributed by atoms with Gasteiger partial charge in [0.15, 0.2) is 0 Å². The summed E-state index contributed by atoms with van der Waals surface area (Å²) >= 11 is 0. The minimum Gasteiger partial charge on any atom is -0.353 e. The Balaban J connectivity index is 2.10. The highest BCUT2D eigenvalue weighted by molar-refractivity contribution is 5.89. The summed E-state index contributed by atoms with van der Waals surface area (Å²) in [6.07, 6.45) is 0.297. The molecular formula is C14H19N3O2. The first-order valence-electron chi connectivity index (χ1n) is 6.47. The maximum absolute atomic E-state index is 12.3. The molecule has 1 aliphatic heterocycles. The Kier molecular flexibility index (Phi) is 4.16. The second-order valence-electron chi connectivity index (χ2n) is 4.70. The van der Waals surface area contributed by atoms with Crippen molar-refractivity contribution in [2.75, 3.05) is 13.1 Å². The van der Waals surface area contributed by atoms with Crippen LogP contribution in [0.3, 0.4) is 0 Å². The quantitative estimate of drug-likeness (QED) is 0.806. The lowest BCUT2D eigenvalue weighted by atomic mass is 10.0. The number of rotatable bonds is 3. The van der Waals surface area contributed by atoms with Crippen molar-refractivity contribution in [3.05, 3.63) is 35.4 Å². The van der Waals surface area contributed by atoms with Gasteiger partial charge in [0.2, 0.25) is 11.8 Å². The van der Waals surface area contributed by atoms with E-state index in [2.05, 4.69) is 5.32 Å². The summed E-state index contributed by atoms with van der Waals surface area (Å²) in [5, 5.41) is 2.75. The number of hydrogen-bond donors (Lipinski definition) is 2. The standard InChI is InChI=1S/C14H19N3O2/c1-10-14(19)16-6-7-17(10)13(18)8-11-4-2-3-5-12(11)9-15/h2-5,10H,6-9,15H2,1H3,(H,16,19). The fraction of sp³-hybridized carbons (Fsp3) is 0.429. The van der Waals surface area contributed by atoms with E-state index in [0.29, 0.717) is 26.1 Å². The van der Waals surface area contributed by atoms with Gasteiger partial charge in [-0.25, -0.2) is 0 Å². The predicted octanol–water partition coefficient (Wildman–Crippen LogP) is 0.0347.